The molecule has 0 fully saturated rings. The molecule has 0 atom stereocenters. The van der Waals surface area contributed by atoms with Crippen LogP contribution in [0, 0.1) is 13.8 Å². The third kappa shape index (κ3) is 3.74. The van der Waals surface area contributed by atoms with Gasteiger partial charge in [0.25, 0.3) is 0 Å². The van der Waals surface area contributed by atoms with Crippen LogP contribution in [0.4, 0.5) is 4.79 Å². The molecule has 0 heterocycles. The molecular formula is C12H17N3O3. The van der Waals surface area contributed by atoms with E-state index in [1.54, 1.807) is 0 Å². The first-order valence-corrected chi connectivity index (χ1v) is 5.48. The summed E-state index contributed by atoms with van der Waals surface area (Å²) in [5, 5.41) is 3.61. The zero-order valence-electron chi connectivity index (χ0n) is 10.7. The molecule has 0 saturated heterocycles. The molecular weight excluding hydrogens is 234 g/mol. The topological polar surface area (TPSA) is 70.7 Å². The summed E-state index contributed by atoms with van der Waals surface area (Å²) in [6, 6.07) is 5.48. The standard InChI is InChI=1S/C12H17N3O3/c1-9-4-5-11(6-10(9)2)7-15(12(17)13-3)14-18-8-16/h4-6,8,14H,7H2,1-3H3,(H,13,17). The molecule has 0 aromatic heterocycles. The lowest BCUT2D eigenvalue weighted by Crippen LogP contribution is -2.46. The Morgan fingerprint density at radius 3 is 2.67 bits per heavy atom. The summed E-state index contributed by atoms with van der Waals surface area (Å²) in [7, 11) is 1.50. The Morgan fingerprint density at radius 2 is 2.11 bits per heavy atom. The molecule has 0 aliphatic carbocycles. The molecule has 0 bridgehead atoms. The molecule has 2 N–H and O–H groups in total. The number of nitrogens with zero attached hydrogens (tertiary/aromatic N) is 1. The van der Waals surface area contributed by atoms with Crippen molar-refractivity contribution in [2.24, 2.45) is 0 Å². The molecule has 1 aromatic rings. The minimum absolute atomic E-state index is 0.219. The lowest BCUT2D eigenvalue weighted by molar-refractivity contribution is -0.145. The molecule has 0 unspecified atom stereocenters. The smallest absolute Gasteiger partial charge is 0.334 e. The number of hydrazine groups is 1. The fourth-order valence-electron chi connectivity index (χ4n) is 1.45. The second-order valence-corrected chi connectivity index (χ2v) is 3.87. The highest BCUT2D eigenvalue weighted by atomic mass is 16.7. The van der Waals surface area contributed by atoms with Crippen molar-refractivity contribution in [1.29, 1.82) is 0 Å². The number of hydrogen-bond acceptors (Lipinski definition) is 4. The molecule has 1 rings (SSSR count). The highest BCUT2D eigenvalue weighted by molar-refractivity contribution is 5.73. The number of amides is 2. The third-order valence-corrected chi connectivity index (χ3v) is 2.58. The van der Waals surface area contributed by atoms with Crippen molar-refractivity contribution in [3.8, 4) is 0 Å². The first-order valence-electron chi connectivity index (χ1n) is 5.48. The van der Waals surface area contributed by atoms with Crippen molar-refractivity contribution in [3.63, 3.8) is 0 Å². The second kappa shape index (κ2) is 6.61. The fraction of sp³-hybridized carbons (Fsp3) is 0.333. The predicted octanol–water partition coefficient (Wildman–Crippen LogP) is 1.04. The molecule has 0 saturated carbocycles. The molecule has 0 aliphatic heterocycles. The van der Waals surface area contributed by atoms with Crippen molar-refractivity contribution < 1.29 is 14.4 Å². The summed E-state index contributed by atoms with van der Waals surface area (Å²) < 4.78 is 0. The number of benzene rings is 1. The van der Waals surface area contributed by atoms with E-state index in [1.807, 2.05) is 32.0 Å². The largest absolute Gasteiger partial charge is 0.354 e. The quantitative estimate of drug-likeness (QED) is 0.606. The van der Waals surface area contributed by atoms with Crippen molar-refractivity contribution in [1.82, 2.24) is 15.9 Å². The van der Waals surface area contributed by atoms with Gasteiger partial charge in [0.05, 0.1) is 6.54 Å². The summed E-state index contributed by atoms with van der Waals surface area (Å²) in [5.41, 5.74) is 5.51. The van der Waals surface area contributed by atoms with Crippen LogP contribution in [0.3, 0.4) is 0 Å². The molecule has 2 amide bonds. The van der Waals surface area contributed by atoms with Crippen LogP contribution in [0.15, 0.2) is 18.2 Å². The van der Waals surface area contributed by atoms with Gasteiger partial charge in [-0.1, -0.05) is 23.8 Å². The van der Waals surface area contributed by atoms with Gasteiger partial charge in [0.2, 0.25) is 0 Å². The summed E-state index contributed by atoms with van der Waals surface area (Å²) in [5.74, 6) is 0. The molecule has 98 valence electrons. The van der Waals surface area contributed by atoms with Gasteiger partial charge >= 0.3 is 12.5 Å². The molecule has 0 aliphatic rings. The van der Waals surface area contributed by atoms with E-state index in [4.69, 9.17) is 0 Å². The normalized spacial score (nSPS) is 9.72. The van der Waals surface area contributed by atoms with Crippen LogP contribution < -0.4 is 10.9 Å². The summed E-state index contributed by atoms with van der Waals surface area (Å²) in [4.78, 5) is 26.0. The summed E-state index contributed by atoms with van der Waals surface area (Å²) in [6.07, 6.45) is 0. The average molecular weight is 251 g/mol. The molecule has 18 heavy (non-hydrogen) atoms. The van der Waals surface area contributed by atoms with Crippen LogP contribution in [-0.2, 0) is 16.2 Å². The highest BCUT2D eigenvalue weighted by Gasteiger charge is 2.12. The van der Waals surface area contributed by atoms with Crippen molar-refractivity contribution in [3.05, 3.63) is 34.9 Å². The SMILES string of the molecule is CNC(=O)N(Cc1ccc(C)c(C)c1)NOC=O. The number of carbonyl (C=O) groups excluding carboxylic acids is 2. The van der Waals surface area contributed by atoms with E-state index in [1.165, 1.54) is 17.6 Å². The summed E-state index contributed by atoms with van der Waals surface area (Å²) in [6.45, 7) is 4.52. The molecule has 6 heteroatoms. The van der Waals surface area contributed by atoms with E-state index >= 15 is 0 Å². The van der Waals surface area contributed by atoms with E-state index in [-0.39, 0.29) is 13.0 Å². The monoisotopic (exact) mass is 251 g/mol. The lowest BCUT2D eigenvalue weighted by Gasteiger charge is -2.21. The Bertz CT molecular complexity index is 435. The van der Waals surface area contributed by atoms with Crippen LogP contribution in [0.1, 0.15) is 16.7 Å². The number of nitrogens with one attached hydrogen (secondary N) is 2. The molecule has 0 spiro atoms. The van der Waals surface area contributed by atoms with Gasteiger partial charge in [0, 0.05) is 7.05 Å². The van der Waals surface area contributed by atoms with E-state index in [2.05, 4.69) is 15.7 Å². The van der Waals surface area contributed by atoms with Crippen molar-refractivity contribution in [2.45, 2.75) is 20.4 Å². The van der Waals surface area contributed by atoms with Gasteiger partial charge in [0.1, 0.15) is 0 Å². The Kier molecular flexibility index (Phi) is 5.13. The average Bonchev–Trinajstić information content (AvgIpc) is 2.37. The number of carbonyl (C=O) groups is 2. The first kappa shape index (κ1) is 14.0. The molecule has 1 aromatic carbocycles. The van der Waals surface area contributed by atoms with Crippen molar-refractivity contribution in [2.75, 3.05) is 7.05 Å². The maximum atomic E-state index is 11.5. The first-order chi connectivity index (χ1) is 8.58. The zero-order chi connectivity index (χ0) is 13.5. The fourth-order valence-corrected chi connectivity index (χ4v) is 1.45. The van der Waals surface area contributed by atoms with Gasteiger partial charge in [-0.3, -0.25) is 4.79 Å². The Morgan fingerprint density at radius 1 is 1.39 bits per heavy atom. The van der Waals surface area contributed by atoms with Gasteiger partial charge in [-0.25, -0.2) is 9.80 Å². The van der Waals surface area contributed by atoms with Gasteiger partial charge in [-0.05, 0) is 30.5 Å². The van der Waals surface area contributed by atoms with Gasteiger partial charge in [-0.2, -0.15) is 0 Å². The van der Waals surface area contributed by atoms with E-state index in [0.717, 1.165) is 11.1 Å². The zero-order valence-corrected chi connectivity index (χ0v) is 10.7. The highest BCUT2D eigenvalue weighted by Crippen LogP contribution is 2.11. The summed E-state index contributed by atoms with van der Waals surface area (Å²) >= 11 is 0. The second-order valence-electron chi connectivity index (χ2n) is 3.87. The van der Waals surface area contributed by atoms with Crippen LogP contribution in [0.5, 0.6) is 0 Å². The van der Waals surface area contributed by atoms with Crippen LogP contribution in [-0.4, -0.2) is 24.6 Å². The number of hydrogen-bond donors (Lipinski definition) is 2. The Labute approximate surface area is 106 Å². The predicted molar refractivity (Wildman–Crippen MR) is 66.2 cm³/mol. The van der Waals surface area contributed by atoms with Crippen molar-refractivity contribution >= 4 is 12.5 Å². The van der Waals surface area contributed by atoms with E-state index < -0.39 is 6.03 Å². The maximum Gasteiger partial charge on any atom is 0.334 e. The molecule has 0 radical (unpaired) electrons. The number of aryl methyl sites for hydroxylation is 2. The number of urea groups is 1. The van der Waals surface area contributed by atoms with Gasteiger partial charge in [-0.15, -0.1) is 0 Å². The Balaban J connectivity index is 2.78. The van der Waals surface area contributed by atoms with Crippen LogP contribution in [0.2, 0.25) is 0 Å². The number of rotatable bonds is 5. The minimum atomic E-state index is -0.393. The third-order valence-electron chi connectivity index (χ3n) is 2.58. The minimum Gasteiger partial charge on any atom is -0.354 e. The van der Waals surface area contributed by atoms with Crippen LogP contribution in [0.25, 0.3) is 0 Å². The Hall–Kier alpha value is -2.08. The molecule has 6 nitrogen and oxygen atoms in total. The maximum absolute atomic E-state index is 11.5. The van der Waals surface area contributed by atoms with E-state index in [9.17, 15) is 9.59 Å². The van der Waals surface area contributed by atoms with Crippen LogP contribution >= 0.6 is 0 Å². The van der Waals surface area contributed by atoms with E-state index in [0.29, 0.717) is 0 Å². The lowest BCUT2D eigenvalue weighted by atomic mass is 10.1. The van der Waals surface area contributed by atoms with Gasteiger partial charge in [0.15, 0.2) is 0 Å². The van der Waals surface area contributed by atoms with Gasteiger partial charge < -0.3 is 10.2 Å².